The zero-order valence-corrected chi connectivity index (χ0v) is 18.5. The maximum Gasteiger partial charge on any atom is 0.312 e. The highest BCUT2D eigenvalue weighted by molar-refractivity contribution is 6.35. The molecule has 0 aromatic heterocycles. The number of benzene rings is 1. The molecule has 3 atom stereocenters. The van der Waals surface area contributed by atoms with Crippen LogP contribution in [0.25, 0.3) is 0 Å². The van der Waals surface area contributed by atoms with Crippen molar-refractivity contribution in [2.45, 2.75) is 51.1 Å². The van der Waals surface area contributed by atoms with E-state index in [9.17, 15) is 36.3 Å². The Balaban J connectivity index is 1.67. The van der Waals surface area contributed by atoms with Gasteiger partial charge < -0.3 is 10.2 Å². The predicted molar refractivity (Wildman–Crippen MR) is 109 cm³/mol. The number of Topliss-reactive ketones (excluding diaryl/α,β-unsaturated/α-hetero) is 1. The van der Waals surface area contributed by atoms with Crippen molar-refractivity contribution in [1.29, 1.82) is 0 Å². The van der Waals surface area contributed by atoms with Gasteiger partial charge in [0.1, 0.15) is 5.78 Å². The van der Waals surface area contributed by atoms with E-state index in [0.29, 0.717) is 0 Å². The van der Waals surface area contributed by atoms with Crippen LogP contribution in [-0.4, -0.2) is 53.6 Å². The van der Waals surface area contributed by atoms with Crippen molar-refractivity contribution in [3.05, 3.63) is 46.9 Å². The molecule has 1 fully saturated rings. The van der Waals surface area contributed by atoms with Crippen molar-refractivity contribution in [3.8, 4) is 0 Å². The third-order valence-corrected chi connectivity index (χ3v) is 6.11. The second-order valence-corrected chi connectivity index (χ2v) is 8.55. The van der Waals surface area contributed by atoms with Gasteiger partial charge >= 0.3 is 11.8 Å². The highest BCUT2D eigenvalue weighted by Gasteiger charge is 2.42. The minimum atomic E-state index is -2.79. The molecule has 1 aromatic carbocycles. The maximum absolute atomic E-state index is 13.4. The summed E-state index contributed by atoms with van der Waals surface area (Å²) >= 11 is 0. The molecule has 3 rings (SSSR count). The number of ketones is 1. The van der Waals surface area contributed by atoms with Gasteiger partial charge in [0.2, 0.25) is 6.43 Å². The van der Waals surface area contributed by atoms with Gasteiger partial charge in [-0.05, 0) is 44.0 Å². The number of carbonyl (C=O) groups is 3. The van der Waals surface area contributed by atoms with Crippen LogP contribution in [0.2, 0.25) is 0 Å². The molecule has 34 heavy (non-hydrogen) atoms. The molecule has 7 nitrogen and oxygen atoms in total. The van der Waals surface area contributed by atoms with Gasteiger partial charge in [-0.15, -0.1) is 0 Å². The average Bonchev–Trinajstić information content (AvgIpc) is 3.41. The van der Waals surface area contributed by atoms with Crippen LogP contribution in [0, 0.1) is 23.4 Å². The number of amides is 2. The number of halogens is 5. The van der Waals surface area contributed by atoms with E-state index < -0.39 is 65.4 Å². The van der Waals surface area contributed by atoms with Gasteiger partial charge in [-0.1, -0.05) is 0 Å². The summed E-state index contributed by atoms with van der Waals surface area (Å²) in [6, 6.07) is 0.726. The van der Waals surface area contributed by atoms with E-state index >= 15 is 0 Å². The smallest absolute Gasteiger partial charge is 0.312 e. The van der Waals surface area contributed by atoms with Gasteiger partial charge in [0.25, 0.3) is 0 Å². The fraction of sp³-hybridized carbons (Fsp3) is 0.500. The highest BCUT2D eigenvalue weighted by atomic mass is 19.3. The van der Waals surface area contributed by atoms with Gasteiger partial charge in [-0.25, -0.2) is 22.0 Å². The molecule has 12 heteroatoms. The molecule has 0 bridgehead atoms. The predicted octanol–water partition coefficient (Wildman–Crippen LogP) is 3.33. The molecule has 184 valence electrons. The van der Waals surface area contributed by atoms with Crippen LogP contribution in [0.1, 0.15) is 32.3 Å². The Bertz CT molecular complexity index is 1040. The van der Waals surface area contributed by atoms with Gasteiger partial charge in [0.15, 0.2) is 17.5 Å². The van der Waals surface area contributed by atoms with Crippen LogP contribution in [0.5, 0.6) is 0 Å². The normalized spacial score (nSPS) is 21.5. The van der Waals surface area contributed by atoms with Gasteiger partial charge in [0.05, 0.1) is 17.8 Å². The van der Waals surface area contributed by atoms with E-state index in [1.165, 1.54) is 13.0 Å². The van der Waals surface area contributed by atoms with E-state index in [4.69, 9.17) is 0 Å². The summed E-state index contributed by atoms with van der Waals surface area (Å²) in [5.41, 5.74) is -1.55. The van der Waals surface area contributed by atoms with E-state index in [-0.39, 0.29) is 37.2 Å². The molecule has 2 aliphatic heterocycles. The van der Waals surface area contributed by atoms with Crippen LogP contribution in [0.15, 0.2) is 34.1 Å². The minimum absolute atomic E-state index is 0.0456. The lowest BCUT2D eigenvalue weighted by atomic mass is 9.92. The van der Waals surface area contributed by atoms with Crippen LogP contribution in [-0.2, 0) is 20.8 Å². The molecular weight excluding hydrogens is 463 g/mol. The van der Waals surface area contributed by atoms with Crippen LogP contribution in [0.3, 0.4) is 0 Å². The Labute approximate surface area is 192 Å². The molecule has 0 spiro atoms. The van der Waals surface area contributed by atoms with E-state index in [1.807, 2.05) is 0 Å². The van der Waals surface area contributed by atoms with Crippen LogP contribution < -0.4 is 5.32 Å². The molecule has 2 aliphatic rings. The van der Waals surface area contributed by atoms with E-state index in [1.54, 1.807) is 6.92 Å². The van der Waals surface area contributed by atoms with Crippen molar-refractivity contribution in [2.75, 3.05) is 13.1 Å². The van der Waals surface area contributed by atoms with Gasteiger partial charge in [0, 0.05) is 31.3 Å². The number of carbonyl (C=O) groups excluding carboxylic acids is 3. The van der Waals surface area contributed by atoms with Crippen molar-refractivity contribution < 1.29 is 36.3 Å². The minimum Gasteiger partial charge on any atom is -0.337 e. The second-order valence-electron chi connectivity index (χ2n) is 8.55. The van der Waals surface area contributed by atoms with Crippen molar-refractivity contribution in [1.82, 2.24) is 10.2 Å². The number of alkyl halides is 2. The molecule has 1 saturated heterocycles. The first-order valence-electron chi connectivity index (χ1n) is 10.6. The zero-order valence-electron chi connectivity index (χ0n) is 18.5. The molecule has 1 aromatic rings. The quantitative estimate of drug-likeness (QED) is 0.364. The Morgan fingerprint density at radius 2 is 1.85 bits per heavy atom. The summed E-state index contributed by atoms with van der Waals surface area (Å²) in [5, 5.41) is 9.79. The first-order chi connectivity index (χ1) is 15.9. The lowest BCUT2D eigenvalue weighted by molar-refractivity contribution is -0.147. The molecule has 1 unspecified atom stereocenters. The SMILES string of the molecule is C[C@H]1[C@@H](C(=O)Cc2cc(F)c(F)c(F)c2)CCN1C(=O)C(=O)NC(C)(CC(F)F)C1=CCN=N1. The van der Waals surface area contributed by atoms with E-state index in [2.05, 4.69) is 15.5 Å². The zero-order chi connectivity index (χ0) is 25.2. The number of azo groups is 1. The molecule has 2 amide bonds. The molecular formula is C22H23F5N4O3. The number of nitrogens with zero attached hydrogens (tertiary/aromatic N) is 3. The Hall–Kier alpha value is -3.18. The fourth-order valence-corrected chi connectivity index (χ4v) is 4.28. The standard InChI is InChI=1S/C22H23F5N4O3/c1-11-13(16(32)9-12-7-14(23)19(27)15(24)8-12)4-6-31(11)21(34)20(33)29-22(2,10-18(25)26)17-3-5-28-30-17/h3,7-8,11,13,18H,4-6,9-10H2,1-2H3,(H,29,33)/t11-,13-,22?/m0/s1. The summed E-state index contributed by atoms with van der Waals surface area (Å²) in [6.45, 7) is 3.08. The van der Waals surface area contributed by atoms with Crippen LogP contribution >= 0.6 is 0 Å². The Kier molecular flexibility index (Phi) is 7.47. The topological polar surface area (TPSA) is 91.2 Å². The maximum atomic E-state index is 13.4. The first kappa shape index (κ1) is 25.4. The lowest BCUT2D eigenvalue weighted by Gasteiger charge is -2.31. The third kappa shape index (κ3) is 5.31. The number of rotatable bonds is 7. The van der Waals surface area contributed by atoms with Crippen LogP contribution in [0.4, 0.5) is 22.0 Å². The number of nitrogens with one attached hydrogen (secondary N) is 1. The molecule has 0 aliphatic carbocycles. The van der Waals surface area contributed by atoms with Crippen molar-refractivity contribution in [3.63, 3.8) is 0 Å². The Morgan fingerprint density at radius 3 is 2.41 bits per heavy atom. The van der Waals surface area contributed by atoms with E-state index in [0.717, 1.165) is 17.0 Å². The summed E-state index contributed by atoms with van der Waals surface area (Å²) in [4.78, 5) is 39.3. The average molecular weight is 486 g/mol. The summed E-state index contributed by atoms with van der Waals surface area (Å²) in [7, 11) is 0. The number of hydrogen-bond acceptors (Lipinski definition) is 5. The second kappa shape index (κ2) is 9.98. The molecule has 2 heterocycles. The monoisotopic (exact) mass is 486 g/mol. The number of hydrogen-bond donors (Lipinski definition) is 1. The first-order valence-corrected chi connectivity index (χ1v) is 10.6. The molecule has 1 N–H and O–H groups in total. The third-order valence-electron chi connectivity index (χ3n) is 6.11. The summed E-state index contributed by atoms with van der Waals surface area (Å²) in [6.07, 6.45) is -2.28. The highest BCUT2D eigenvalue weighted by Crippen LogP contribution is 2.30. The summed E-state index contributed by atoms with van der Waals surface area (Å²) in [5.74, 6) is -7.77. The van der Waals surface area contributed by atoms with Crippen molar-refractivity contribution >= 4 is 17.6 Å². The summed E-state index contributed by atoms with van der Waals surface area (Å²) < 4.78 is 66.3. The number of likely N-dealkylation sites (tertiary alicyclic amines) is 1. The van der Waals surface area contributed by atoms with Gasteiger partial charge in [-0.2, -0.15) is 10.2 Å². The molecule has 0 saturated carbocycles. The molecule has 0 radical (unpaired) electrons. The largest absolute Gasteiger partial charge is 0.337 e. The fourth-order valence-electron chi connectivity index (χ4n) is 4.28. The van der Waals surface area contributed by atoms with Gasteiger partial charge in [-0.3, -0.25) is 14.4 Å². The Morgan fingerprint density at radius 1 is 1.21 bits per heavy atom. The van der Waals surface area contributed by atoms with Crippen molar-refractivity contribution in [2.24, 2.45) is 16.1 Å². The lowest BCUT2D eigenvalue weighted by Crippen LogP contribution is -2.54.